The largest absolute Gasteiger partial charge is 0.465 e. The van der Waals surface area contributed by atoms with Crippen LogP contribution in [0, 0.1) is 10.1 Å². The molecule has 0 aliphatic carbocycles. The smallest absolute Gasteiger partial charge is 0.340 e. The van der Waals surface area contributed by atoms with Gasteiger partial charge in [0.05, 0.1) is 28.8 Å². The summed E-state index contributed by atoms with van der Waals surface area (Å²) in [5.41, 5.74) is 2.08. The first-order valence-electron chi connectivity index (χ1n) is 6.83. The Hall–Kier alpha value is -3.28. The number of nitrogens with zero attached hydrogens (tertiary/aromatic N) is 2. The van der Waals surface area contributed by atoms with Gasteiger partial charge in [0.2, 0.25) is 0 Å². The molecule has 0 N–H and O–H groups in total. The summed E-state index contributed by atoms with van der Waals surface area (Å²) in [5, 5.41) is 11.6. The van der Waals surface area contributed by atoms with Crippen LogP contribution in [0.2, 0.25) is 0 Å². The molecule has 1 heterocycles. The zero-order valence-corrected chi connectivity index (χ0v) is 12.2. The Labute approximate surface area is 131 Å². The summed E-state index contributed by atoms with van der Waals surface area (Å²) in [6.45, 7) is 0. The zero-order chi connectivity index (χ0) is 16.4. The van der Waals surface area contributed by atoms with Gasteiger partial charge in [-0.15, -0.1) is 0 Å². The Kier molecular flexibility index (Phi) is 3.72. The van der Waals surface area contributed by atoms with Crippen LogP contribution in [0.1, 0.15) is 10.4 Å². The summed E-state index contributed by atoms with van der Waals surface area (Å²) in [5.74, 6) is -0.503. The molecular formula is C17H12N2O4. The summed E-state index contributed by atoms with van der Waals surface area (Å²) in [4.78, 5) is 26.9. The van der Waals surface area contributed by atoms with Crippen LogP contribution in [0.15, 0.2) is 54.6 Å². The van der Waals surface area contributed by atoms with E-state index in [1.165, 1.54) is 19.2 Å². The van der Waals surface area contributed by atoms with Crippen molar-refractivity contribution >= 4 is 22.6 Å². The SMILES string of the molecule is COC(=O)c1cc2ccccc2nc1-c1ccc([N+](=O)[O-])cc1. The van der Waals surface area contributed by atoms with Crippen LogP contribution in [0.4, 0.5) is 5.69 Å². The van der Waals surface area contributed by atoms with E-state index in [4.69, 9.17) is 4.74 Å². The van der Waals surface area contributed by atoms with Gasteiger partial charge in [0.25, 0.3) is 5.69 Å². The molecule has 0 amide bonds. The minimum atomic E-state index is -0.503. The van der Waals surface area contributed by atoms with E-state index in [0.29, 0.717) is 16.8 Å². The van der Waals surface area contributed by atoms with Gasteiger partial charge in [0, 0.05) is 23.1 Å². The monoisotopic (exact) mass is 308 g/mol. The number of methoxy groups -OCH3 is 1. The van der Waals surface area contributed by atoms with Gasteiger partial charge in [-0.3, -0.25) is 10.1 Å². The highest BCUT2D eigenvalue weighted by Crippen LogP contribution is 2.27. The molecule has 0 saturated carbocycles. The van der Waals surface area contributed by atoms with Gasteiger partial charge in [-0.05, 0) is 24.3 Å². The topological polar surface area (TPSA) is 82.3 Å². The number of non-ortho nitro benzene ring substituents is 1. The molecule has 2 aromatic carbocycles. The van der Waals surface area contributed by atoms with Crippen LogP contribution in [0.5, 0.6) is 0 Å². The van der Waals surface area contributed by atoms with E-state index in [2.05, 4.69) is 4.98 Å². The molecule has 0 spiro atoms. The Bertz CT molecular complexity index is 904. The van der Waals surface area contributed by atoms with Crippen LogP contribution >= 0.6 is 0 Å². The number of nitro groups is 1. The third kappa shape index (κ3) is 2.74. The fraction of sp³-hybridized carbons (Fsp3) is 0.0588. The molecule has 0 bridgehead atoms. The number of para-hydroxylation sites is 1. The summed E-state index contributed by atoms with van der Waals surface area (Å²) in [7, 11) is 1.30. The van der Waals surface area contributed by atoms with Crippen LogP contribution in [-0.4, -0.2) is 23.0 Å². The fourth-order valence-corrected chi connectivity index (χ4v) is 2.34. The predicted octanol–water partition coefficient (Wildman–Crippen LogP) is 3.60. The lowest BCUT2D eigenvalue weighted by molar-refractivity contribution is -0.384. The van der Waals surface area contributed by atoms with Crippen molar-refractivity contribution in [1.82, 2.24) is 4.98 Å². The number of fused-ring (bicyclic) bond motifs is 1. The molecule has 6 nitrogen and oxygen atoms in total. The van der Waals surface area contributed by atoms with Crippen molar-refractivity contribution in [3.05, 3.63) is 70.3 Å². The Morgan fingerprint density at radius 2 is 1.83 bits per heavy atom. The minimum absolute atomic E-state index is 0.0193. The third-order valence-electron chi connectivity index (χ3n) is 3.48. The minimum Gasteiger partial charge on any atom is -0.465 e. The van der Waals surface area contributed by atoms with Gasteiger partial charge >= 0.3 is 5.97 Å². The average molecular weight is 308 g/mol. The number of pyridine rings is 1. The summed E-state index contributed by atoms with van der Waals surface area (Å²) >= 11 is 0. The summed E-state index contributed by atoms with van der Waals surface area (Å²) in [6, 6.07) is 15.0. The summed E-state index contributed by atoms with van der Waals surface area (Å²) in [6.07, 6.45) is 0. The lowest BCUT2D eigenvalue weighted by Gasteiger charge is -2.09. The second-order valence-electron chi connectivity index (χ2n) is 4.87. The van der Waals surface area contributed by atoms with Crippen molar-refractivity contribution in [2.45, 2.75) is 0 Å². The van der Waals surface area contributed by atoms with Crippen molar-refractivity contribution in [3.8, 4) is 11.3 Å². The van der Waals surface area contributed by atoms with E-state index < -0.39 is 10.9 Å². The lowest BCUT2D eigenvalue weighted by atomic mass is 10.0. The van der Waals surface area contributed by atoms with Gasteiger partial charge in [-0.1, -0.05) is 18.2 Å². The van der Waals surface area contributed by atoms with Gasteiger partial charge in [0.1, 0.15) is 0 Å². The van der Waals surface area contributed by atoms with Gasteiger partial charge in [0.15, 0.2) is 0 Å². The first-order valence-corrected chi connectivity index (χ1v) is 6.83. The average Bonchev–Trinajstić information content (AvgIpc) is 2.60. The number of hydrogen-bond donors (Lipinski definition) is 0. The molecule has 0 fully saturated rings. The number of rotatable bonds is 3. The van der Waals surface area contributed by atoms with Crippen molar-refractivity contribution in [1.29, 1.82) is 0 Å². The molecule has 3 aromatic rings. The zero-order valence-electron chi connectivity index (χ0n) is 12.2. The van der Waals surface area contributed by atoms with Crippen molar-refractivity contribution in [2.75, 3.05) is 7.11 Å². The fourth-order valence-electron chi connectivity index (χ4n) is 2.34. The molecule has 0 aliphatic heterocycles. The van der Waals surface area contributed by atoms with Crippen LogP contribution < -0.4 is 0 Å². The molecule has 0 saturated heterocycles. The van der Waals surface area contributed by atoms with Crippen molar-refractivity contribution < 1.29 is 14.5 Å². The molecule has 0 atom stereocenters. The van der Waals surface area contributed by atoms with Crippen LogP contribution in [0.3, 0.4) is 0 Å². The molecule has 1 aromatic heterocycles. The van der Waals surface area contributed by atoms with Crippen LogP contribution in [-0.2, 0) is 4.74 Å². The summed E-state index contributed by atoms with van der Waals surface area (Å²) < 4.78 is 4.82. The maximum absolute atomic E-state index is 12.1. The Balaban J connectivity index is 2.21. The maximum Gasteiger partial charge on any atom is 0.340 e. The quantitative estimate of drug-likeness (QED) is 0.419. The highest BCUT2D eigenvalue weighted by molar-refractivity contribution is 6.00. The standard InChI is InChI=1S/C17H12N2O4/c1-23-17(20)14-10-12-4-2-3-5-15(12)18-16(14)11-6-8-13(9-7-11)19(21)22/h2-10H,1H3. The van der Waals surface area contributed by atoms with E-state index in [0.717, 1.165) is 10.9 Å². The van der Waals surface area contributed by atoms with E-state index in [9.17, 15) is 14.9 Å². The van der Waals surface area contributed by atoms with E-state index in [1.807, 2.05) is 24.3 Å². The van der Waals surface area contributed by atoms with Crippen molar-refractivity contribution in [3.63, 3.8) is 0 Å². The van der Waals surface area contributed by atoms with E-state index >= 15 is 0 Å². The Morgan fingerprint density at radius 1 is 1.13 bits per heavy atom. The first-order chi connectivity index (χ1) is 11.1. The van der Waals surface area contributed by atoms with Gasteiger partial charge < -0.3 is 4.74 Å². The number of ether oxygens (including phenoxy) is 1. The second kappa shape index (κ2) is 5.84. The highest BCUT2D eigenvalue weighted by Gasteiger charge is 2.17. The maximum atomic E-state index is 12.1. The molecule has 23 heavy (non-hydrogen) atoms. The molecule has 6 heteroatoms. The predicted molar refractivity (Wildman–Crippen MR) is 85.2 cm³/mol. The van der Waals surface area contributed by atoms with Gasteiger partial charge in [-0.25, -0.2) is 9.78 Å². The number of hydrogen-bond acceptors (Lipinski definition) is 5. The van der Waals surface area contributed by atoms with E-state index in [-0.39, 0.29) is 5.69 Å². The molecular weight excluding hydrogens is 296 g/mol. The number of benzene rings is 2. The second-order valence-corrected chi connectivity index (χ2v) is 4.87. The lowest BCUT2D eigenvalue weighted by Crippen LogP contribution is -2.05. The number of carbonyl (C=O) groups excluding carboxylic acids is 1. The molecule has 0 aliphatic rings. The number of carbonyl (C=O) groups is 1. The highest BCUT2D eigenvalue weighted by atomic mass is 16.6. The van der Waals surface area contributed by atoms with E-state index in [1.54, 1.807) is 18.2 Å². The first kappa shape index (κ1) is 14.6. The number of aromatic nitrogens is 1. The number of esters is 1. The molecule has 0 unspecified atom stereocenters. The normalized spacial score (nSPS) is 10.5. The molecule has 3 rings (SSSR count). The third-order valence-corrected chi connectivity index (χ3v) is 3.48. The molecule has 114 valence electrons. The van der Waals surface area contributed by atoms with Gasteiger partial charge in [-0.2, -0.15) is 0 Å². The van der Waals surface area contributed by atoms with Crippen LogP contribution in [0.25, 0.3) is 22.2 Å². The molecule has 0 radical (unpaired) electrons. The van der Waals surface area contributed by atoms with Crippen molar-refractivity contribution in [2.24, 2.45) is 0 Å². The Morgan fingerprint density at radius 3 is 2.48 bits per heavy atom. The number of nitro benzene ring substituents is 1.